The normalized spacial score (nSPS) is 15.0. The summed E-state index contributed by atoms with van der Waals surface area (Å²) in [7, 11) is 2.18. The first-order valence-electron chi connectivity index (χ1n) is 11.0. The number of hydrogen-bond donors (Lipinski definition) is 1. The van der Waals surface area contributed by atoms with Gasteiger partial charge in [0.25, 0.3) is 0 Å². The van der Waals surface area contributed by atoms with Gasteiger partial charge in [-0.2, -0.15) is 0 Å². The van der Waals surface area contributed by atoms with E-state index in [0.29, 0.717) is 0 Å². The second kappa shape index (κ2) is 7.82. The molecule has 1 aromatic carbocycles. The van der Waals surface area contributed by atoms with E-state index < -0.39 is 0 Å². The Morgan fingerprint density at radius 2 is 1.52 bits per heavy atom. The highest BCUT2D eigenvalue weighted by Gasteiger charge is 2.16. The van der Waals surface area contributed by atoms with Gasteiger partial charge in [0.15, 0.2) is 0 Å². The predicted octanol–water partition coefficient (Wildman–Crippen LogP) is 4.97. The number of aromatic nitrogens is 3. The summed E-state index contributed by atoms with van der Waals surface area (Å²) < 4.78 is 0. The summed E-state index contributed by atoms with van der Waals surface area (Å²) in [5.74, 6) is 1.07. The molecule has 5 nitrogen and oxygen atoms in total. The zero-order valence-electron chi connectivity index (χ0n) is 18.7. The molecule has 31 heavy (non-hydrogen) atoms. The molecular weight excluding hydrogens is 382 g/mol. The van der Waals surface area contributed by atoms with Crippen LogP contribution in [0.4, 0.5) is 5.82 Å². The van der Waals surface area contributed by atoms with Crippen LogP contribution in [-0.4, -0.2) is 53.1 Å². The van der Waals surface area contributed by atoms with Crippen LogP contribution in [0, 0.1) is 20.8 Å². The van der Waals surface area contributed by atoms with Crippen molar-refractivity contribution < 1.29 is 0 Å². The summed E-state index contributed by atoms with van der Waals surface area (Å²) in [6.07, 6.45) is 2.00. The first-order valence-corrected chi connectivity index (χ1v) is 11.0. The lowest BCUT2D eigenvalue weighted by molar-refractivity contribution is 0.312. The molecule has 5 rings (SSSR count). The molecule has 0 aliphatic carbocycles. The molecule has 4 aromatic rings. The van der Waals surface area contributed by atoms with E-state index in [1.54, 1.807) is 0 Å². The Balaban J connectivity index is 1.46. The van der Waals surface area contributed by atoms with Crippen molar-refractivity contribution >= 4 is 16.7 Å². The molecule has 0 bridgehead atoms. The molecule has 0 amide bonds. The van der Waals surface area contributed by atoms with Crippen LogP contribution in [0.15, 0.2) is 48.7 Å². The number of aromatic amines is 1. The maximum absolute atomic E-state index is 4.76. The van der Waals surface area contributed by atoms with E-state index in [-0.39, 0.29) is 0 Å². The topological polar surface area (TPSA) is 48.1 Å². The Hall–Kier alpha value is -3.18. The van der Waals surface area contributed by atoms with E-state index in [4.69, 9.17) is 4.98 Å². The number of likely N-dealkylation sites (N-methyl/N-ethyl adjacent to an activating group) is 1. The van der Waals surface area contributed by atoms with Crippen molar-refractivity contribution in [2.24, 2.45) is 0 Å². The van der Waals surface area contributed by atoms with Crippen LogP contribution >= 0.6 is 0 Å². The third-order valence-electron chi connectivity index (χ3n) is 6.34. The lowest BCUT2D eigenvalue weighted by Gasteiger charge is -2.33. The molecule has 1 saturated heterocycles. The fourth-order valence-corrected chi connectivity index (χ4v) is 4.56. The molecule has 5 heteroatoms. The molecule has 1 aliphatic rings. The fraction of sp³-hybridized carbons (Fsp3) is 0.308. The highest BCUT2D eigenvalue weighted by atomic mass is 15.3. The van der Waals surface area contributed by atoms with Crippen molar-refractivity contribution in [3.63, 3.8) is 0 Å². The van der Waals surface area contributed by atoms with E-state index in [1.165, 1.54) is 27.8 Å². The third kappa shape index (κ3) is 3.81. The van der Waals surface area contributed by atoms with Crippen LogP contribution in [-0.2, 0) is 0 Å². The van der Waals surface area contributed by atoms with E-state index in [0.717, 1.165) is 54.5 Å². The quantitative estimate of drug-likeness (QED) is 0.517. The zero-order valence-corrected chi connectivity index (χ0v) is 18.7. The first-order chi connectivity index (χ1) is 15.0. The monoisotopic (exact) mass is 411 g/mol. The van der Waals surface area contributed by atoms with Crippen LogP contribution in [0.3, 0.4) is 0 Å². The summed E-state index contributed by atoms with van der Waals surface area (Å²) in [5, 5.41) is 1.26. The molecule has 1 fully saturated rings. The smallest absolute Gasteiger partial charge is 0.128 e. The van der Waals surface area contributed by atoms with Gasteiger partial charge in [-0.3, -0.25) is 4.98 Å². The maximum atomic E-state index is 4.76. The second-order valence-corrected chi connectivity index (χ2v) is 8.72. The van der Waals surface area contributed by atoms with Crippen molar-refractivity contribution in [3.8, 4) is 22.4 Å². The average molecular weight is 412 g/mol. The second-order valence-electron chi connectivity index (χ2n) is 8.72. The molecule has 1 N–H and O–H groups in total. The van der Waals surface area contributed by atoms with Crippen molar-refractivity contribution in [3.05, 3.63) is 65.6 Å². The van der Waals surface area contributed by atoms with Crippen LogP contribution in [0.25, 0.3) is 33.3 Å². The predicted molar refractivity (Wildman–Crippen MR) is 129 cm³/mol. The highest BCUT2D eigenvalue weighted by Crippen LogP contribution is 2.33. The number of pyridine rings is 2. The van der Waals surface area contributed by atoms with Gasteiger partial charge in [-0.1, -0.05) is 12.1 Å². The Labute approximate surface area is 183 Å². The number of rotatable bonds is 3. The molecule has 0 spiro atoms. The van der Waals surface area contributed by atoms with Crippen LogP contribution < -0.4 is 4.90 Å². The van der Waals surface area contributed by atoms with Gasteiger partial charge in [0, 0.05) is 71.5 Å². The van der Waals surface area contributed by atoms with Gasteiger partial charge >= 0.3 is 0 Å². The average Bonchev–Trinajstić information content (AvgIpc) is 3.10. The van der Waals surface area contributed by atoms with Gasteiger partial charge in [0.1, 0.15) is 5.82 Å². The van der Waals surface area contributed by atoms with Crippen molar-refractivity contribution in [1.29, 1.82) is 0 Å². The zero-order chi connectivity index (χ0) is 21.5. The number of fused-ring (bicyclic) bond motifs is 1. The summed E-state index contributed by atoms with van der Waals surface area (Å²) in [6, 6.07) is 15.3. The van der Waals surface area contributed by atoms with Crippen LogP contribution in [0.5, 0.6) is 0 Å². The number of piperazine rings is 1. The van der Waals surface area contributed by atoms with E-state index >= 15 is 0 Å². The fourth-order valence-electron chi connectivity index (χ4n) is 4.56. The van der Waals surface area contributed by atoms with Crippen LogP contribution in [0.1, 0.15) is 17.0 Å². The minimum atomic E-state index is 1.04. The Bertz CT molecular complexity index is 1210. The summed E-state index contributed by atoms with van der Waals surface area (Å²) in [5.41, 5.74) is 9.20. The largest absolute Gasteiger partial charge is 0.354 e. The number of benzene rings is 1. The number of nitrogens with one attached hydrogen (secondary N) is 1. The van der Waals surface area contributed by atoms with E-state index in [2.05, 4.69) is 76.2 Å². The number of hydrogen-bond acceptors (Lipinski definition) is 4. The van der Waals surface area contributed by atoms with Gasteiger partial charge in [0.05, 0.1) is 0 Å². The first kappa shape index (κ1) is 19.8. The molecule has 0 saturated carbocycles. The number of nitrogens with zero attached hydrogens (tertiary/aromatic N) is 4. The lowest BCUT2D eigenvalue weighted by Crippen LogP contribution is -2.44. The summed E-state index contributed by atoms with van der Waals surface area (Å²) >= 11 is 0. The van der Waals surface area contributed by atoms with Gasteiger partial charge in [0.2, 0.25) is 0 Å². The minimum absolute atomic E-state index is 1.04. The van der Waals surface area contributed by atoms with Crippen molar-refractivity contribution in [2.45, 2.75) is 20.8 Å². The molecule has 4 heterocycles. The molecule has 3 aromatic heterocycles. The number of aryl methyl sites for hydroxylation is 3. The SMILES string of the molecule is Cc1cc(-c2[nH]c3cc(-c4ccc(N5CCN(C)CC5)nc4)ccc3c2C)cc(C)n1. The molecule has 1 aliphatic heterocycles. The molecule has 158 valence electrons. The molecular formula is C26H29N5. The van der Waals surface area contributed by atoms with Gasteiger partial charge in [-0.25, -0.2) is 4.98 Å². The third-order valence-corrected chi connectivity index (χ3v) is 6.34. The maximum Gasteiger partial charge on any atom is 0.128 e. The molecule has 0 atom stereocenters. The van der Waals surface area contributed by atoms with Gasteiger partial charge < -0.3 is 14.8 Å². The van der Waals surface area contributed by atoms with Gasteiger partial charge in [-0.15, -0.1) is 0 Å². The molecule has 0 unspecified atom stereocenters. The Kier molecular flexibility index (Phi) is 4.98. The van der Waals surface area contributed by atoms with Gasteiger partial charge in [-0.05, 0) is 69.3 Å². The van der Waals surface area contributed by atoms with Crippen LogP contribution in [0.2, 0.25) is 0 Å². The van der Waals surface area contributed by atoms with Crippen molar-refractivity contribution in [1.82, 2.24) is 19.9 Å². The number of H-pyrrole nitrogens is 1. The summed E-state index contributed by atoms with van der Waals surface area (Å²) in [4.78, 5) is 17.7. The Morgan fingerprint density at radius 1 is 0.806 bits per heavy atom. The molecule has 0 radical (unpaired) electrons. The minimum Gasteiger partial charge on any atom is -0.354 e. The van der Waals surface area contributed by atoms with E-state index in [1.807, 2.05) is 20.0 Å². The Morgan fingerprint density at radius 3 is 2.19 bits per heavy atom. The van der Waals surface area contributed by atoms with E-state index in [9.17, 15) is 0 Å². The summed E-state index contributed by atoms with van der Waals surface area (Å²) in [6.45, 7) is 10.5. The highest BCUT2D eigenvalue weighted by molar-refractivity contribution is 5.93. The number of anilines is 1. The van der Waals surface area contributed by atoms with Crippen molar-refractivity contribution in [2.75, 3.05) is 38.1 Å². The lowest BCUT2D eigenvalue weighted by atomic mass is 10.0. The standard InChI is InChI=1S/C26H29N5/c1-17-13-22(14-18(2)28-17)26-19(3)23-7-5-20(15-24(23)29-26)21-6-8-25(27-16-21)31-11-9-30(4)10-12-31/h5-8,13-16,29H,9-12H2,1-4H3.